The summed E-state index contributed by atoms with van der Waals surface area (Å²) >= 11 is 0. The third-order valence-corrected chi connectivity index (χ3v) is 3.70. The normalized spacial score (nSPS) is 12.1. The lowest BCUT2D eigenvalue weighted by Crippen LogP contribution is -2.10. The lowest BCUT2D eigenvalue weighted by molar-refractivity contribution is -0.149. The Morgan fingerprint density at radius 1 is 1.15 bits per heavy atom. The Balaban J connectivity index is 1.61. The summed E-state index contributed by atoms with van der Waals surface area (Å²) in [5.41, 5.74) is 2.70. The number of hydrogen-bond donors (Lipinski definition) is 0. The molecule has 0 amide bonds. The van der Waals surface area contributed by atoms with Crippen molar-refractivity contribution in [3.63, 3.8) is 0 Å². The van der Waals surface area contributed by atoms with Crippen molar-refractivity contribution in [1.82, 2.24) is 5.16 Å². The topological polar surface area (TPSA) is 83.2 Å². The second-order valence-corrected chi connectivity index (χ2v) is 5.52. The van der Waals surface area contributed by atoms with Crippen molar-refractivity contribution in [2.45, 2.75) is 6.92 Å². The summed E-state index contributed by atoms with van der Waals surface area (Å²) in [6, 6.07) is 16.5. The quantitative estimate of drug-likeness (QED) is 0.120. The van der Waals surface area contributed by atoms with E-state index in [4.69, 9.17) is 18.8 Å². The molecule has 138 valence electrons. The Hall–Kier alpha value is -3.61. The van der Waals surface area contributed by atoms with E-state index in [0.717, 1.165) is 5.39 Å². The lowest BCUT2D eigenvalue weighted by atomic mass is 10.1. The summed E-state index contributed by atoms with van der Waals surface area (Å²) in [4.78, 5) is 17.4. The first-order valence-corrected chi connectivity index (χ1v) is 8.17. The van der Waals surface area contributed by atoms with Gasteiger partial charge in [-0.1, -0.05) is 52.8 Å². The van der Waals surface area contributed by atoms with E-state index >= 15 is 0 Å². The Kier molecular flexibility index (Phi) is 5.84. The van der Waals surface area contributed by atoms with E-state index in [-0.39, 0.29) is 12.4 Å². The summed E-state index contributed by atoms with van der Waals surface area (Å²) in [6.07, 6.45) is 1.33. The highest BCUT2D eigenvalue weighted by Crippen LogP contribution is 2.19. The maximum Gasteiger partial charge on any atom is 0.344 e. The zero-order chi connectivity index (χ0) is 19.1. The van der Waals surface area contributed by atoms with Gasteiger partial charge in [-0.2, -0.15) is 0 Å². The van der Waals surface area contributed by atoms with Gasteiger partial charge in [-0.3, -0.25) is 0 Å². The zero-order valence-corrected chi connectivity index (χ0v) is 14.9. The SMILES string of the molecule is COC=C(C(=O)OCON=C(C)c1noc2ccccc12)c1ccccc1. The van der Waals surface area contributed by atoms with E-state index in [1.807, 2.05) is 42.5 Å². The molecule has 0 aliphatic carbocycles. The van der Waals surface area contributed by atoms with Gasteiger partial charge in [0.15, 0.2) is 5.58 Å². The first kappa shape index (κ1) is 18.2. The molecule has 0 unspecified atom stereocenters. The molecular formula is C20H18N2O5. The van der Waals surface area contributed by atoms with E-state index in [1.54, 1.807) is 19.1 Å². The molecule has 0 aliphatic heterocycles. The van der Waals surface area contributed by atoms with E-state index in [9.17, 15) is 4.79 Å². The highest BCUT2D eigenvalue weighted by atomic mass is 16.8. The van der Waals surface area contributed by atoms with Gasteiger partial charge in [0.05, 0.1) is 18.8 Å². The Morgan fingerprint density at radius 3 is 2.67 bits per heavy atom. The van der Waals surface area contributed by atoms with Crippen LogP contribution in [0.15, 0.2) is 70.5 Å². The van der Waals surface area contributed by atoms with Gasteiger partial charge < -0.3 is 18.8 Å². The fraction of sp³-hybridized carbons (Fsp3) is 0.150. The molecule has 3 aromatic rings. The summed E-state index contributed by atoms with van der Waals surface area (Å²) in [5.74, 6) is -0.581. The number of aromatic nitrogens is 1. The maximum atomic E-state index is 12.3. The minimum Gasteiger partial charge on any atom is -0.503 e. The second-order valence-electron chi connectivity index (χ2n) is 5.52. The summed E-state index contributed by atoms with van der Waals surface area (Å²) in [7, 11) is 1.46. The number of nitrogens with zero attached hydrogens (tertiary/aromatic N) is 2. The van der Waals surface area contributed by atoms with Gasteiger partial charge in [0, 0.05) is 0 Å². The first-order chi connectivity index (χ1) is 13.2. The molecule has 0 saturated carbocycles. The number of rotatable bonds is 7. The first-order valence-electron chi connectivity index (χ1n) is 8.17. The number of carbonyl (C=O) groups excluding carboxylic acids is 1. The third-order valence-electron chi connectivity index (χ3n) is 3.70. The fourth-order valence-electron chi connectivity index (χ4n) is 2.44. The van der Waals surface area contributed by atoms with Crippen LogP contribution in [0.1, 0.15) is 18.2 Å². The Labute approximate surface area is 155 Å². The van der Waals surface area contributed by atoms with Crippen molar-refractivity contribution in [2.75, 3.05) is 13.9 Å². The monoisotopic (exact) mass is 366 g/mol. The van der Waals surface area contributed by atoms with Crippen LogP contribution >= 0.6 is 0 Å². The smallest absolute Gasteiger partial charge is 0.344 e. The van der Waals surface area contributed by atoms with Crippen LogP contribution in [0.5, 0.6) is 0 Å². The number of hydrogen-bond acceptors (Lipinski definition) is 7. The molecule has 27 heavy (non-hydrogen) atoms. The number of carbonyl (C=O) groups is 1. The number of oxime groups is 1. The molecule has 7 heteroatoms. The maximum absolute atomic E-state index is 12.3. The summed E-state index contributed by atoms with van der Waals surface area (Å²) < 4.78 is 15.3. The van der Waals surface area contributed by atoms with Crippen LogP contribution in [0.3, 0.4) is 0 Å². The predicted octanol–water partition coefficient (Wildman–Crippen LogP) is 3.76. The fourth-order valence-corrected chi connectivity index (χ4v) is 2.44. The lowest BCUT2D eigenvalue weighted by Gasteiger charge is -2.07. The number of esters is 1. The Bertz CT molecular complexity index is 976. The summed E-state index contributed by atoms with van der Waals surface area (Å²) in [5, 5.41) is 8.74. The largest absolute Gasteiger partial charge is 0.503 e. The van der Waals surface area contributed by atoms with Gasteiger partial charge >= 0.3 is 5.97 Å². The average molecular weight is 366 g/mol. The number of fused-ring (bicyclic) bond motifs is 1. The molecule has 0 N–H and O–H groups in total. The number of ether oxygens (including phenoxy) is 2. The number of benzene rings is 2. The van der Waals surface area contributed by atoms with Crippen LogP contribution in [0.25, 0.3) is 16.5 Å². The van der Waals surface area contributed by atoms with Crippen LogP contribution in [0, 0.1) is 0 Å². The molecule has 0 spiro atoms. The number of methoxy groups -OCH3 is 1. The van der Waals surface area contributed by atoms with Gasteiger partial charge in [0.1, 0.15) is 17.0 Å². The average Bonchev–Trinajstić information content (AvgIpc) is 3.14. The molecule has 7 nitrogen and oxygen atoms in total. The molecular weight excluding hydrogens is 348 g/mol. The molecule has 0 aliphatic rings. The third kappa shape index (κ3) is 4.33. The molecule has 1 aromatic heterocycles. The van der Waals surface area contributed by atoms with Gasteiger partial charge in [0.25, 0.3) is 6.79 Å². The van der Waals surface area contributed by atoms with Crippen molar-refractivity contribution < 1.29 is 23.6 Å². The minimum absolute atomic E-state index is 0.282. The van der Waals surface area contributed by atoms with Crippen molar-refractivity contribution >= 4 is 28.2 Å². The molecule has 1 heterocycles. The van der Waals surface area contributed by atoms with Gasteiger partial charge in [-0.15, -0.1) is 0 Å². The van der Waals surface area contributed by atoms with Gasteiger partial charge in [0.2, 0.25) is 0 Å². The highest BCUT2D eigenvalue weighted by Gasteiger charge is 2.15. The van der Waals surface area contributed by atoms with E-state index in [2.05, 4.69) is 10.3 Å². The number of para-hydroxylation sites is 1. The molecule has 0 atom stereocenters. The standard InChI is InChI=1S/C20H18N2O5/c1-14(19-16-10-6-7-11-18(16)27-22-19)21-26-13-25-20(23)17(12-24-2)15-8-4-3-5-9-15/h3-12H,13H2,1-2H3. The van der Waals surface area contributed by atoms with Crippen LogP contribution in [-0.2, 0) is 19.1 Å². The molecule has 0 radical (unpaired) electrons. The van der Waals surface area contributed by atoms with Crippen molar-refractivity contribution in [1.29, 1.82) is 0 Å². The van der Waals surface area contributed by atoms with Crippen LogP contribution in [-0.4, -0.2) is 30.7 Å². The van der Waals surface area contributed by atoms with Crippen molar-refractivity contribution in [3.8, 4) is 0 Å². The van der Waals surface area contributed by atoms with Gasteiger partial charge in [-0.05, 0) is 24.6 Å². The van der Waals surface area contributed by atoms with Crippen molar-refractivity contribution in [2.24, 2.45) is 5.16 Å². The van der Waals surface area contributed by atoms with Crippen LogP contribution < -0.4 is 0 Å². The molecule has 3 rings (SSSR count). The molecule has 0 fully saturated rings. The summed E-state index contributed by atoms with van der Waals surface area (Å²) in [6.45, 7) is 1.38. The van der Waals surface area contributed by atoms with Crippen molar-refractivity contribution in [3.05, 3.63) is 72.1 Å². The van der Waals surface area contributed by atoms with E-state index in [0.29, 0.717) is 22.6 Å². The van der Waals surface area contributed by atoms with E-state index in [1.165, 1.54) is 13.4 Å². The van der Waals surface area contributed by atoms with Crippen LogP contribution in [0.4, 0.5) is 0 Å². The zero-order valence-electron chi connectivity index (χ0n) is 14.9. The highest BCUT2D eigenvalue weighted by molar-refractivity contribution is 6.16. The molecule has 2 aromatic carbocycles. The molecule has 0 saturated heterocycles. The molecule has 0 bridgehead atoms. The van der Waals surface area contributed by atoms with Crippen LogP contribution in [0.2, 0.25) is 0 Å². The predicted molar refractivity (Wildman–Crippen MR) is 99.7 cm³/mol. The Morgan fingerprint density at radius 2 is 1.89 bits per heavy atom. The van der Waals surface area contributed by atoms with Gasteiger partial charge in [-0.25, -0.2) is 4.79 Å². The second kappa shape index (κ2) is 8.66. The minimum atomic E-state index is -0.581. The van der Waals surface area contributed by atoms with E-state index < -0.39 is 5.97 Å².